The molecule has 5 heteroatoms. The summed E-state index contributed by atoms with van der Waals surface area (Å²) in [7, 11) is 0. The highest BCUT2D eigenvalue weighted by atomic mass is 35.5. The molecule has 1 aliphatic rings. The number of ether oxygens (including phenoxy) is 1. The number of hydrogen-bond acceptors (Lipinski definition) is 3. The normalized spacial score (nSPS) is 14.5. The average molecular weight is 372 g/mol. The van der Waals surface area contributed by atoms with E-state index in [1.54, 1.807) is 17.0 Å². The number of esters is 1. The van der Waals surface area contributed by atoms with Gasteiger partial charge in [-0.2, -0.15) is 0 Å². The third-order valence-electron chi connectivity index (χ3n) is 4.81. The average Bonchev–Trinajstić information content (AvgIpc) is 3.47. The third-order valence-corrected chi connectivity index (χ3v) is 5.07. The minimum absolute atomic E-state index is 0.184. The second kappa shape index (κ2) is 7.92. The van der Waals surface area contributed by atoms with Gasteiger partial charge in [0.15, 0.2) is 6.61 Å². The lowest BCUT2D eigenvalue weighted by atomic mass is 9.96. The molecule has 2 aromatic carbocycles. The molecule has 0 aliphatic heterocycles. The number of carbonyl (C=O) groups excluding carboxylic acids is 2. The summed E-state index contributed by atoms with van der Waals surface area (Å²) in [5.74, 6) is -0.513. The largest absolute Gasteiger partial charge is 0.455 e. The van der Waals surface area contributed by atoms with Crippen molar-refractivity contribution in [2.45, 2.75) is 31.7 Å². The van der Waals surface area contributed by atoms with Crippen molar-refractivity contribution in [2.75, 3.05) is 13.2 Å². The van der Waals surface area contributed by atoms with Crippen molar-refractivity contribution in [2.24, 2.45) is 0 Å². The Morgan fingerprint density at radius 3 is 2.31 bits per heavy atom. The Balaban J connectivity index is 1.58. The molecule has 0 unspecified atom stereocenters. The molecule has 3 rings (SSSR count). The topological polar surface area (TPSA) is 46.6 Å². The van der Waals surface area contributed by atoms with Gasteiger partial charge in [0.1, 0.15) is 0 Å². The number of amides is 1. The van der Waals surface area contributed by atoms with Crippen molar-refractivity contribution in [1.29, 1.82) is 0 Å². The van der Waals surface area contributed by atoms with E-state index in [4.69, 9.17) is 16.3 Å². The van der Waals surface area contributed by atoms with Gasteiger partial charge in [0.25, 0.3) is 5.91 Å². The fourth-order valence-electron chi connectivity index (χ4n) is 3.04. The van der Waals surface area contributed by atoms with E-state index in [0.29, 0.717) is 18.1 Å². The fourth-order valence-corrected chi connectivity index (χ4v) is 3.17. The van der Waals surface area contributed by atoms with Crippen molar-refractivity contribution in [3.8, 4) is 0 Å². The molecule has 0 aromatic heterocycles. The third kappa shape index (κ3) is 4.07. The van der Waals surface area contributed by atoms with Crippen LogP contribution in [0.15, 0.2) is 54.6 Å². The molecule has 0 radical (unpaired) electrons. The first-order valence-corrected chi connectivity index (χ1v) is 9.18. The molecular weight excluding hydrogens is 350 g/mol. The molecule has 1 aliphatic carbocycles. The minimum Gasteiger partial charge on any atom is -0.455 e. The van der Waals surface area contributed by atoms with Gasteiger partial charge in [-0.1, -0.05) is 54.1 Å². The first kappa shape index (κ1) is 18.5. The van der Waals surface area contributed by atoms with Crippen LogP contribution in [-0.2, 0) is 26.3 Å². The number of carbonyl (C=O) groups is 2. The Labute approximate surface area is 158 Å². The molecule has 0 saturated heterocycles. The van der Waals surface area contributed by atoms with Crippen LogP contribution in [0.3, 0.4) is 0 Å². The number of halogens is 1. The first-order chi connectivity index (χ1) is 12.5. The summed E-state index contributed by atoms with van der Waals surface area (Å²) in [6, 6.07) is 17.0. The zero-order chi connectivity index (χ0) is 18.6. The van der Waals surface area contributed by atoms with Gasteiger partial charge in [0, 0.05) is 18.1 Å². The highest BCUT2D eigenvalue weighted by molar-refractivity contribution is 6.30. The van der Waals surface area contributed by atoms with E-state index >= 15 is 0 Å². The molecule has 0 N–H and O–H groups in total. The second-order valence-corrected chi connectivity index (χ2v) is 7.00. The van der Waals surface area contributed by atoms with Crippen LogP contribution < -0.4 is 0 Å². The van der Waals surface area contributed by atoms with Crippen LogP contribution in [-0.4, -0.2) is 29.9 Å². The summed E-state index contributed by atoms with van der Waals surface area (Å²) < 4.78 is 5.37. The molecule has 0 spiro atoms. The summed E-state index contributed by atoms with van der Waals surface area (Å²) in [4.78, 5) is 26.7. The minimum atomic E-state index is -0.610. The number of nitrogens with zero attached hydrogens (tertiary/aromatic N) is 1. The van der Waals surface area contributed by atoms with Gasteiger partial charge >= 0.3 is 5.97 Å². The molecule has 1 fully saturated rings. The molecule has 0 atom stereocenters. The van der Waals surface area contributed by atoms with E-state index in [2.05, 4.69) is 0 Å². The molecule has 1 saturated carbocycles. The lowest BCUT2D eigenvalue weighted by molar-refractivity contribution is -0.154. The van der Waals surface area contributed by atoms with Crippen LogP contribution in [0.25, 0.3) is 0 Å². The van der Waals surface area contributed by atoms with E-state index in [0.717, 1.165) is 24.0 Å². The van der Waals surface area contributed by atoms with Crippen LogP contribution in [0.5, 0.6) is 0 Å². The summed E-state index contributed by atoms with van der Waals surface area (Å²) in [5.41, 5.74) is 1.34. The van der Waals surface area contributed by atoms with Gasteiger partial charge in [0.2, 0.25) is 0 Å². The molecule has 2 aromatic rings. The van der Waals surface area contributed by atoms with Gasteiger partial charge in [0.05, 0.1) is 5.41 Å². The molecule has 4 nitrogen and oxygen atoms in total. The number of rotatable bonds is 7. The molecule has 26 heavy (non-hydrogen) atoms. The SMILES string of the molecule is CCN(Cc1ccccc1)C(=O)COC(=O)C1(c2ccc(Cl)cc2)CC1. The summed E-state index contributed by atoms with van der Waals surface area (Å²) in [6.45, 7) is 2.76. The Kier molecular flexibility index (Phi) is 5.62. The zero-order valence-electron chi connectivity index (χ0n) is 14.8. The lowest BCUT2D eigenvalue weighted by Crippen LogP contribution is -2.35. The molecule has 136 valence electrons. The van der Waals surface area contributed by atoms with Gasteiger partial charge in [-0.3, -0.25) is 9.59 Å². The van der Waals surface area contributed by atoms with E-state index in [1.807, 2.05) is 49.4 Å². The molecule has 1 amide bonds. The predicted octanol–water partition coefficient (Wildman–Crippen LogP) is 3.96. The first-order valence-electron chi connectivity index (χ1n) is 8.80. The molecular formula is C21H22ClNO3. The summed E-state index contributed by atoms with van der Waals surface area (Å²) in [6.07, 6.45) is 1.48. The van der Waals surface area contributed by atoms with Gasteiger partial charge < -0.3 is 9.64 Å². The standard InChI is InChI=1S/C21H22ClNO3/c1-2-23(14-16-6-4-3-5-7-16)19(24)15-26-20(25)21(12-13-21)17-8-10-18(22)11-9-17/h3-11H,2,12-15H2,1H3. The van der Waals surface area contributed by atoms with Crippen LogP contribution in [0.2, 0.25) is 5.02 Å². The van der Waals surface area contributed by atoms with Crippen LogP contribution >= 0.6 is 11.6 Å². The fraction of sp³-hybridized carbons (Fsp3) is 0.333. The number of likely N-dealkylation sites (N-methyl/N-ethyl adjacent to an activating group) is 1. The van der Waals surface area contributed by atoms with E-state index in [9.17, 15) is 9.59 Å². The van der Waals surface area contributed by atoms with Crippen molar-refractivity contribution in [3.05, 3.63) is 70.7 Å². The van der Waals surface area contributed by atoms with Gasteiger partial charge in [-0.05, 0) is 43.0 Å². The Hall–Kier alpha value is -2.33. The summed E-state index contributed by atoms with van der Waals surface area (Å²) >= 11 is 5.92. The van der Waals surface area contributed by atoms with E-state index in [-0.39, 0.29) is 18.5 Å². The highest BCUT2D eigenvalue weighted by Crippen LogP contribution is 2.49. The van der Waals surface area contributed by atoms with Gasteiger partial charge in [-0.25, -0.2) is 0 Å². The van der Waals surface area contributed by atoms with Crippen molar-refractivity contribution >= 4 is 23.5 Å². The summed E-state index contributed by atoms with van der Waals surface area (Å²) in [5, 5.41) is 0.632. The zero-order valence-corrected chi connectivity index (χ0v) is 15.5. The Morgan fingerprint density at radius 1 is 1.08 bits per heavy atom. The van der Waals surface area contributed by atoms with Crippen LogP contribution in [0.4, 0.5) is 0 Å². The van der Waals surface area contributed by atoms with Gasteiger partial charge in [-0.15, -0.1) is 0 Å². The maximum Gasteiger partial charge on any atom is 0.317 e. The maximum atomic E-state index is 12.6. The predicted molar refractivity (Wildman–Crippen MR) is 101 cm³/mol. The van der Waals surface area contributed by atoms with Crippen molar-refractivity contribution < 1.29 is 14.3 Å². The smallest absolute Gasteiger partial charge is 0.317 e. The Morgan fingerprint density at radius 2 is 1.73 bits per heavy atom. The Bertz CT molecular complexity index is 770. The monoisotopic (exact) mass is 371 g/mol. The maximum absolute atomic E-state index is 12.6. The lowest BCUT2D eigenvalue weighted by Gasteiger charge is -2.22. The van der Waals surface area contributed by atoms with Crippen LogP contribution in [0, 0.1) is 0 Å². The molecule has 0 heterocycles. The van der Waals surface area contributed by atoms with E-state index in [1.165, 1.54) is 0 Å². The van der Waals surface area contributed by atoms with Crippen LogP contribution in [0.1, 0.15) is 30.9 Å². The van der Waals surface area contributed by atoms with E-state index < -0.39 is 5.41 Å². The number of benzene rings is 2. The molecule has 0 bridgehead atoms. The second-order valence-electron chi connectivity index (χ2n) is 6.56. The highest BCUT2D eigenvalue weighted by Gasteiger charge is 2.52. The van der Waals surface area contributed by atoms with Crippen molar-refractivity contribution in [3.63, 3.8) is 0 Å². The van der Waals surface area contributed by atoms with Crippen molar-refractivity contribution in [1.82, 2.24) is 4.90 Å². The quantitative estimate of drug-likeness (QED) is 0.692. The number of hydrogen-bond donors (Lipinski definition) is 0.